The average molecular weight is 521 g/mol. The van der Waals surface area contributed by atoms with E-state index in [2.05, 4.69) is 20.7 Å². The lowest BCUT2D eigenvalue weighted by Gasteiger charge is -2.32. The lowest BCUT2D eigenvalue weighted by molar-refractivity contribution is -0.127. The summed E-state index contributed by atoms with van der Waals surface area (Å²) in [5.41, 5.74) is 3.30. The third-order valence-electron chi connectivity index (χ3n) is 6.97. The molecule has 1 aliphatic rings. The molecule has 38 heavy (non-hydrogen) atoms. The number of hydrogen-bond acceptors (Lipinski definition) is 7. The van der Waals surface area contributed by atoms with E-state index in [0.717, 1.165) is 36.8 Å². The Bertz CT molecular complexity index is 1280. The number of nitrogens with one attached hydrogen (secondary N) is 1. The number of amides is 2. The number of aryl methyl sites for hydroxylation is 2. The quantitative estimate of drug-likeness (QED) is 0.432. The van der Waals surface area contributed by atoms with Gasteiger partial charge in [0.05, 0.1) is 14.2 Å². The van der Waals surface area contributed by atoms with E-state index in [0.29, 0.717) is 35.0 Å². The highest BCUT2D eigenvalue weighted by Gasteiger charge is 2.33. The number of carbonyl (C=O) groups excluding carboxylic acids is 2. The molecule has 10 heteroatoms. The Hall–Kier alpha value is -3.95. The summed E-state index contributed by atoms with van der Waals surface area (Å²) in [6, 6.07) is 10.7. The number of rotatable bonds is 10. The highest BCUT2D eigenvalue weighted by Crippen LogP contribution is 2.31. The van der Waals surface area contributed by atoms with Crippen LogP contribution in [0.25, 0.3) is 11.4 Å². The molecule has 0 radical (unpaired) electrons. The number of anilines is 1. The predicted octanol–water partition coefficient (Wildman–Crippen LogP) is 3.84. The van der Waals surface area contributed by atoms with Crippen LogP contribution >= 0.6 is 0 Å². The number of hydrogen-bond donors (Lipinski definition) is 1. The molecule has 1 aromatic heterocycles. The highest BCUT2D eigenvalue weighted by molar-refractivity contribution is 6.01. The second kappa shape index (κ2) is 12.1. The third kappa shape index (κ3) is 5.95. The zero-order chi connectivity index (χ0) is 27.2. The highest BCUT2D eigenvalue weighted by atomic mass is 16.5. The Labute approximate surface area is 223 Å². The minimum atomic E-state index is -0.655. The van der Waals surface area contributed by atoms with Crippen LogP contribution in [0.3, 0.4) is 0 Å². The summed E-state index contributed by atoms with van der Waals surface area (Å²) in [6.07, 6.45) is 4.64. The SMILES string of the molecule is CCC(C(=O)NC1CCCC1)N(C(=O)Cn1nnc(-c2ccc(OC)c(OC)c2)n1)c1cc(C)ccc1C. The molecule has 1 unspecified atom stereocenters. The smallest absolute Gasteiger partial charge is 0.251 e. The first-order valence-electron chi connectivity index (χ1n) is 13.0. The van der Waals surface area contributed by atoms with E-state index >= 15 is 0 Å². The molecule has 202 valence electrons. The van der Waals surface area contributed by atoms with Gasteiger partial charge in [0.15, 0.2) is 11.5 Å². The maximum Gasteiger partial charge on any atom is 0.251 e. The van der Waals surface area contributed by atoms with Crippen LogP contribution in [-0.4, -0.2) is 58.3 Å². The second-order valence-electron chi connectivity index (χ2n) is 9.68. The van der Waals surface area contributed by atoms with Crippen molar-refractivity contribution in [1.29, 1.82) is 0 Å². The van der Waals surface area contributed by atoms with Crippen molar-refractivity contribution >= 4 is 17.5 Å². The van der Waals surface area contributed by atoms with Gasteiger partial charge >= 0.3 is 0 Å². The molecule has 0 saturated heterocycles. The van der Waals surface area contributed by atoms with Crippen LogP contribution < -0.4 is 19.7 Å². The van der Waals surface area contributed by atoms with E-state index in [9.17, 15) is 9.59 Å². The third-order valence-corrected chi connectivity index (χ3v) is 6.97. The molecule has 1 saturated carbocycles. The Balaban J connectivity index is 1.61. The van der Waals surface area contributed by atoms with Crippen molar-refractivity contribution in [3.63, 3.8) is 0 Å². The normalized spacial score (nSPS) is 14.2. The summed E-state index contributed by atoms with van der Waals surface area (Å²) in [6.45, 7) is 5.67. The van der Waals surface area contributed by atoms with E-state index in [4.69, 9.17) is 9.47 Å². The topological polar surface area (TPSA) is 111 Å². The van der Waals surface area contributed by atoms with Crippen LogP contribution in [0.1, 0.15) is 50.2 Å². The van der Waals surface area contributed by atoms with Crippen molar-refractivity contribution in [2.24, 2.45) is 0 Å². The van der Waals surface area contributed by atoms with Gasteiger partial charge in [0.1, 0.15) is 12.6 Å². The van der Waals surface area contributed by atoms with Crippen molar-refractivity contribution < 1.29 is 19.1 Å². The van der Waals surface area contributed by atoms with E-state index in [-0.39, 0.29) is 24.4 Å². The van der Waals surface area contributed by atoms with Crippen molar-refractivity contribution in [3.8, 4) is 22.9 Å². The number of nitrogens with zero attached hydrogens (tertiary/aromatic N) is 5. The van der Waals surface area contributed by atoms with Gasteiger partial charge in [-0.15, -0.1) is 10.2 Å². The number of tetrazole rings is 1. The van der Waals surface area contributed by atoms with Gasteiger partial charge in [0, 0.05) is 17.3 Å². The molecule has 1 N–H and O–H groups in total. The summed E-state index contributed by atoms with van der Waals surface area (Å²) in [5.74, 6) is 1.06. The Kier molecular flexibility index (Phi) is 8.60. The lowest BCUT2D eigenvalue weighted by Crippen LogP contribution is -2.52. The molecule has 3 aromatic rings. The fraction of sp³-hybridized carbons (Fsp3) is 0.464. The molecular formula is C28H36N6O4. The van der Waals surface area contributed by atoms with Gasteiger partial charge in [-0.1, -0.05) is 31.9 Å². The molecule has 0 bridgehead atoms. The number of benzene rings is 2. The van der Waals surface area contributed by atoms with Crippen molar-refractivity contribution in [1.82, 2.24) is 25.5 Å². The first-order chi connectivity index (χ1) is 18.3. The van der Waals surface area contributed by atoms with Crippen LogP contribution in [0.2, 0.25) is 0 Å². The summed E-state index contributed by atoms with van der Waals surface area (Å²) in [4.78, 5) is 30.1. The van der Waals surface area contributed by atoms with Crippen LogP contribution in [0.4, 0.5) is 5.69 Å². The number of carbonyl (C=O) groups is 2. The fourth-order valence-electron chi connectivity index (χ4n) is 4.91. The minimum absolute atomic E-state index is 0.133. The van der Waals surface area contributed by atoms with E-state index in [1.54, 1.807) is 37.3 Å². The van der Waals surface area contributed by atoms with Crippen LogP contribution in [0.15, 0.2) is 36.4 Å². The minimum Gasteiger partial charge on any atom is -0.493 e. The average Bonchev–Trinajstić information content (AvgIpc) is 3.60. The lowest BCUT2D eigenvalue weighted by atomic mass is 10.0. The first kappa shape index (κ1) is 27.1. The molecule has 1 aliphatic carbocycles. The first-order valence-corrected chi connectivity index (χ1v) is 13.0. The van der Waals surface area contributed by atoms with Gasteiger partial charge in [-0.2, -0.15) is 4.80 Å². The Morgan fingerprint density at radius 3 is 2.50 bits per heavy atom. The van der Waals surface area contributed by atoms with Crippen LogP contribution in [0, 0.1) is 13.8 Å². The van der Waals surface area contributed by atoms with Crippen LogP contribution in [-0.2, 0) is 16.1 Å². The molecule has 0 spiro atoms. The van der Waals surface area contributed by atoms with Gasteiger partial charge in [-0.05, 0) is 73.7 Å². The number of methoxy groups -OCH3 is 2. The predicted molar refractivity (Wildman–Crippen MR) is 144 cm³/mol. The largest absolute Gasteiger partial charge is 0.493 e. The fourth-order valence-corrected chi connectivity index (χ4v) is 4.91. The van der Waals surface area contributed by atoms with Gasteiger partial charge in [0.2, 0.25) is 11.7 Å². The Morgan fingerprint density at radius 1 is 1.08 bits per heavy atom. The maximum atomic E-state index is 13.8. The monoisotopic (exact) mass is 520 g/mol. The molecule has 1 fully saturated rings. The zero-order valence-electron chi connectivity index (χ0n) is 22.7. The Morgan fingerprint density at radius 2 is 1.82 bits per heavy atom. The molecule has 1 heterocycles. The number of ether oxygens (including phenoxy) is 2. The van der Waals surface area contributed by atoms with Gasteiger partial charge in [-0.3, -0.25) is 14.5 Å². The molecule has 0 aliphatic heterocycles. The second-order valence-corrected chi connectivity index (χ2v) is 9.68. The summed E-state index contributed by atoms with van der Waals surface area (Å²) < 4.78 is 10.7. The molecular weight excluding hydrogens is 484 g/mol. The van der Waals surface area contributed by atoms with Crippen molar-refractivity contribution in [3.05, 3.63) is 47.5 Å². The van der Waals surface area contributed by atoms with Crippen molar-refractivity contribution in [2.75, 3.05) is 19.1 Å². The molecule has 1 atom stereocenters. The number of aromatic nitrogens is 4. The molecule has 2 aromatic carbocycles. The summed E-state index contributed by atoms with van der Waals surface area (Å²) in [5, 5.41) is 15.9. The summed E-state index contributed by atoms with van der Waals surface area (Å²) >= 11 is 0. The standard InChI is InChI=1S/C28H36N6O4/c1-6-22(28(36)29-21-9-7-8-10-21)34(23-15-18(2)11-12-19(23)3)26(35)17-33-31-27(30-32-33)20-13-14-24(37-4)25(16-20)38-5/h11-16,21-22H,6-10,17H2,1-5H3,(H,29,36). The van der Waals surface area contributed by atoms with Gasteiger partial charge < -0.3 is 14.8 Å². The maximum absolute atomic E-state index is 13.8. The van der Waals surface area contributed by atoms with E-state index < -0.39 is 6.04 Å². The molecule has 10 nitrogen and oxygen atoms in total. The van der Waals surface area contributed by atoms with Crippen LogP contribution in [0.5, 0.6) is 11.5 Å². The van der Waals surface area contributed by atoms with E-state index in [1.165, 1.54) is 4.80 Å². The van der Waals surface area contributed by atoms with Crippen molar-refractivity contribution in [2.45, 2.75) is 71.5 Å². The van der Waals surface area contributed by atoms with Gasteiger partial charge in [-0.25, -0.2) is 0 Å². The summed E-state index contributed by atoms with van der Waals surface area (Å²) in [7, 11) is 3.12. The molecule has 2 amide bonds. The zero-order valence-corrected chi connectivity index (χ0v) is 22.7. The van der Waals surface area contributed by atoms with Gasteiger partial charge in [0.25, 0.3) is 5.91 Å². The van der Waals surface area contributed by atoms with E-state index in [1.807, 2.05) is 39.0 Å². The molecule has 4 rings (SSSR count).